The van der Waals surface area contributed by atoms with Crippen molar-refractivity contribution in [3.8, 4) is 5.75 Å². The van der Waals surface area contributed by atoms with Gasteiger partial charge in [-0.3, -0.25) is 14.5 Å². The smallest absolute Gasteiger partial charge is 0.407 e. The van der Waals surface area contributed by atoms with Gasteiger partial charge in [-0.25, -0.2) is 9.59 Å². The molecule has 11 nitrogen and oxygen atoms in total. The van der Waals surface area contributed by atoms with E-state index in [1.807, 2.05) is 20.8 Å². The number of aliphatic hydroxyl groups is 1. The van der Waals surface area contributed by atoms with E-state index in [1.54, 1.807) is 52.0 Å². The molecular weight excluding hydrogens is 542 g/mol. The van der Waals surface area contributed by atoms with E-state index >= 15 is 0 Å². The summed E-state index contributed by atoms with van der Waals surface area (Å²) in [5.74, 6) is -1.13. The highest BCUT2D eigenvalue weighted by molar-refractivity contribution is 6.01. The number of esters is 1. The van der Waals surface area contributed by atoms with Crippen LogP contribution in [0.15, 0.2) is 24.3 Å². The minimum Gasteiger partial charge on any atom is -0.489 e. The molecule has 3 amide bonds. The molecule has 0 fully saturated rings. The van der Waals surface area contributed by atoms with Gasteiger partial charge in [0.25, 0.3) is 0 Å². The minimum absolute atomic E-state index is 0.0128. The van der Waals surface area contributed by atoms with Gasteiger partial charge in [0.05, 0.1) is 24.9 Å². The molecule has 2 rings (SSSR count). The van der Waals surface area contributed by atoms with Crippen LogP contribution in [0, 0.1) is 11.3 Å². The molecule has 0 bridgehead atoms. The fourth-order valence-electron chi connectivity index (χ4n) is 4.91. The summed E-state index contributed by atoms with van der Waals surface area (Å²) in [6.07, 6.45) is 0.287. The lowest BCUT2D eigenvalue weighted by molar-refractivity contribution is -0.144. The Kier molecular flexibility index (Phi) is 12.6. The number of hydrogen-bond acceptors (Lipinski definition) is 8. The summed E-state index contributed by atoms with van der Waals surface area (Å²) in [6.45, 7) is 13.2. The van der Waals surface area contributed by atoms with E-state index < -0.39 is 47.2 Å². The van der Waals surface area contributed by atoms with Gasteiger partial charge < -0.3 is 30.0 Å². The predicted octanol–water partition coefficient (Wildman–Crippen LogP) is 3.96. The lowest BCUT2D eigenvalue weighted by Gasteiger charge is -2.38. The van der Waals surface area contributed by atoms with Gasteiger partial charge in [0.2, 0.25) is 11.8 Å². The number of aliphatic hydroxyl groups excluding tert-OH is 1. The summed E-state index contributed by atoms with van der Waals surface area (Å²) >= 11 is 0. The molecule has 1 aliphatic rings. The molecule has 1 aromatic rings. The Morgan fingerprint density at radius 1 is 1.14 bits per heavy atom. The van der Waals surface area contributed by atoms with Crippen molar-refractivity contribution >= 4 is 29.6 Å². The van der Waals surface area contributed by atoms with Gasteiger partial charge in [0.15, 0.2) is 6.04 Å². The number of hydrogen-bond donors (Lipinski definition) is 3. The monoisotopic (exact) mass is 591 g/mol. The van der Waals surface area contributed by atoms with E-state index in [0.29, 0.717) is 18.0 Å². The molecule has 11 heteroatoms. The van der Waals surface area contributed by atoms with Crippen LogP contribution in [0.25, 0.3) is 0 Å². The van der Waals surface area contributed by atoms with Gasteiger partial charge in [-0.05, 0) is 57.6 Å². The first-order valence-corrected chi connectivity index (χ1v) is 14.7. The SMILES string of the molecule is CCCCNC(=O)[C@H](C)C[C@H](O)[C@H](CC(C)(C)CC(=O)N1c2ccccc2OCC1C(=O)OC)NC(=O)OC(C)(C)C. The number of nitrogens with zero attached hydrogens (tertiary/aromatic N) is 1. The standard InChI is InChI=1S/C31H49N3O8/c1-9-10-15-32-27(37)20(2)16-24(35)21(33-29(39)42-30(3,4)5)17-31(6,7)18-26(36)34-22-13-11-12-14-25(22)41-19-23(34)28(38)40-8/h11-14,20-21,23-24,35H,9-10,15-19H2,1-8H3,(H,32,37)(H,33,39)/t20-,21+,23?,24+/m1/s1. The molecule has 0 radical (unpaired) electrons. The van der Waals surface area contributed by atoms with E-state index in [0.717, 1.165) is 12.8 Å². The van der Waals surface area contributed by atoms with Gasteiger partial charge in [-0.15, -0.1) is 0 Å². The normalized spacial score (nSPS) is 17.2. The van der Waals surface area contributed by atoms with E-state index in [9.17, 15) is 24.3 Å². The van der Waals surface area contributed by atoms with Crippen LogP contribution in [0.4, 0.5) is 10.5 Å². The third-order valence-corrected chi connectivity index (χ3v) is 7.02. The molecular formula is C31H49N3O8. The number of fused-ring (bicyclic) bond motifs is 1. The molecule has 42 heavy (non-hydrogen) atoms. The first-order chi connectivity index (χ1) is 19.6. The van der Waals surface area contributed by atoms with Gasteiger partial charge in [0, 0.05) is 18.9 Å². The molecule has 236 valence electrons. The zero-order valence-electron chi connectivity index (χ0n) is 26.3. The quantitative estimate of drug-likeness (QED) is 0.231. The number of ether oxygens (including phenoxy) is 3. The number of methoxy groups -OCH3 is 1. The Balaban J connectivity index is 2.25. The Bertz CT molecular complexity index is 1080. The van der Waals surface area contributed by atoms with Crippen molar-refractivity contribution in [3.05, 3.63) is 24.3 Å². The molecule has 1 unspecified atom stereocenters. The second-order valence-electron chi connectivity index (χ2n) is 12.7. The van der Waals surface area contributed by atoms with E-state index in [4.69, 9.17) is 14.2 Å². The summed E-state index contributed by atoms with van der Waals surface area (Å²) in [5, 5.41) is 16.9. The first-order valence-electron chi connectivity index (χ1n) is 14.7. The van der Waals surface area contributed by atoms with Crippen molar-refractivity contribution in [1.82, 2.24) is 10.6 Å². The zero-order valence-corrected chi connectivity index (χ0v) is 26.3. The minimum atomic E-state index is -1.09. The molecule has 0 saturated carbocycles. The fraction of sp³-hybridized carbons (Fsp3) is 0.677. The Labute approximate surface area is 249 Å². The Morgan fingerprint density at radius 2 is 1.81 bits per heavy atom. The van der Waals surface area contributed by atoms with Crippen molar-refractivity contribution in [3.63, 3.8) is 0 Å². The third-order valence-electron chi connectivity index (χ3n) is 7.02. The van der Waals surface area contributed by atoms with Crippen LogP contribution in [-0.2, 0) is 23.9 Å². The fourth-order valence-corrected chi connectivity index (χ4v) is 4.91. The highest BCUT2D eigenvalue weighted by atomic mass is 16.6. The van der Waals surface area contributed by atoms with Crippen LogP contribution in [0.1, 0.15) is 80.6 Å². The molecule has 1 aromatic carbocycles. The lowest BCUT2D eigenvalue weighted by atomic mass is 9.79. The molecule has 0 spiro atoms. The lowest BCUT2D eigenvalue weighted by Crippen LogP contribution is -2.53. The average Bonchev–Trinajstić information content (AvgIpc) is 2.89. The van der Waals surface area contributed by atoms with Crippen molar-refractivity contribution in [1.29, 1.82) is 0 Å². The summed E-state index contributed by atoms with van der Waals surface area (Å²) in [4.78, 5) is 53.1. The van der Waals surface area contributed by atoms with Gasteiger partial charge >= 0.3 is 12.1 Å². The first kappa shape index (κ1) is 34.9. The molecule has 4 atom stereocenters. The van der Waals surface area contributed by atoms with E-state index in [1.165, 1.54) is 12.0 Å². The summed E-state index contributed by atoms with van der Waals surface area (Å²) in [7, 11) is 1.26. The number of para-hydroxylation sites is 2. The largest absolute Gasteiger partial charge is 0.489 e. The number of unbranched alkanes of at least 4 members (excludes halogenated alkanes) is 1. The maximum Gasteiger partial charge on any atom is 0.407 e. The van der Waals surface area contributed by atoms with E-state index in [-0.39, 0.29) is 37.7 Å². The molecule has 0 saturated heterocycles. The zero-order chi connectivity index (χ0) is 31.7. The highest BCUT2D eigenvalue weighted by Gasteiger charge is 2.41. The number of carbonyl (C=O) groups excluding carboxylic acids is 4. The number of alkyl carbamates (subject to hydrolysis) is 1. The van der Waals surface area contributed by atoms with Crippen LogP contribution >= 0.6 is 0 Å². The summed E-state index contributed by atoms with van der Waals surface area (Å²) < 4.78 is 16.1. The summed E-state index contributed by atoms with van der Waals surface area (Å²) in [6, 6.07) is 5.19. The average molecular weight is 592 g/mol. The second kappa shape index (κ2) is 15.2. The van der Waals surface area contributed by atoms with Gasteiger partial charge in [0.1, 0.15) is 18.0 Å². The third kappa shape index (κ3) is 10.5. The van der Waals surface area contributed by atoms with Crippen LogP contribution in [-0.4, -0.2) is 73.0 Å². The number of nitrogens with one attached hydrogen (secondary N) is 2. The second-order valence-corrected chi connectivity index (χ2v) is 12.7. The van der Waals surface area contributed by atoms with Crippen LogP contribution in [0.3, 0.4) is 0 Å². The number of benzene rings is 1. The maximum absolute atomic E-state index is 13.8. The van der Waals surface area contributed by atoms with E-state index in [2.05, 4.69) is 10.6 Å². The van der Waals surface area contributed by atoms with Gasteiger partial charge in [-0.2, -0.15) is 0 Å². The van der Waals surface area contributed by atoms with Crippen LogP contribution < -0.4 is 20.3 Å². The summed E-state index contributed by atoms with van der Waals surface area (Å²) in [5.41, 5.74) is -1.05. The molecule has 0 aliphatic carbocycles. The predicted molar refractivity (Wildman–Crippen MR) is 159 cm³/mol. The van der Waals surface area contributed by atoms with Crippen molar-refractivity contribution in [2.24, 2.45) is 11.3 Å². The topological polar surface area (TPSA) is 144 Å². The molecule has 3 N–H and O–H groups in total. The Morgan fingerprint density at radius 3 is 2.43 bits per heavy atom. The van der Waals surface area contributed by atoms with Crippen molar-refractivity contribution < 1.29 is 38.5 Å². The molecule has 1 aliphatic heterocycles. The maximum atomic E-state index is 13.8. The number of anilines is 1. The van der Waals surface area contributed by atoms with Crippen LogP contribution in [0.5, 0.6) is 5.75 Å². The number of rotatable bonds is 13. The van der Waals surface area contributed by atoms with Crippen molar-refractivity contribution in [2.75, 3.05) is 25.2 Å². The van der Waals surface area contributed by atoms with Crippen molar-refractivity contribution in [2.45, 2.75) is 104 Å². The van der Waals surface area contributed by atoms with Gasteiger partial charge in [-0.1, -0.05) is 46.2 Å². The molecule has 0 aromatic heterocycles. The molecule has 1 heterocycles. The van der Waals surface area contributed by atoms with Crippen LogP contribution in [0.2, 0.25) is 0 Å². The number of carbonyl (C=O) groups is 4. The Hall–Kier alpha value is -3.34. The number of amides is 3. The highest BCUT2D eigenvalue weighted by Crippen LogP contribution is 2.37.